The van der Waals surface area contributed by atoms with Crippen LogP contribution in [0.1, 0.15) is 28.1 Å². The Hall–Kier alpha value is -1.53. The van der Waals surface area contributed by atoms with Crippen molar-refractivity contribution < 1.29 is 6.22 Å². The molecule has 0 bridgehead atoms. The van der Waals surface area contributed by atoms with Crippen molar-refractivity contribution in [3.05, 3.63) is 41.8 Å². The summed E-state index contributed by atoms with van der Waals surface area (Å²) in [7, 11) is 0. The molecule has 0 amide bonds. The third kappa shape index (κ3) is 3.56. The normalized spacial score (nSPS) is 14.3. The summed E-state index contributed by atoms with van der Waals surface area (Å²) < 4.78 is 0. The van der Waals surface area contributed by atoms with Crippen LogP contribution in [0.25, 0.3) is 0 Å². The van der Waals surface area contributed by atoms with Gasteiger partial charge >= 0.3 is 0 Å². The molecule has 0 aromatic heterocycles. The van der Waals surface area contributed by atoms with E-state index < -0.39 is 0 Å². The maximum absolute atomic E-state index is 11.7. The summed E-state index contributed by atoms with van der Waals surface area (Å²) in [5.74, 6) is 0.0445. The molecule has 0 aromatic rings. The summed E-state index contributed by atoms with van der Waals surface area (Å²) in [6.07, 6.45) is 8.63. The van der Waals surface area contributed by atoms with E-state index in [9.17, 15) is 4.79 Å². The quantitative estimate of drug-likeness (QED) is 0.569. The number of carbonyl (C=O) groups excluding carboxylic acids is 1. The molecule has 1 aliphatic rings. The minimum atomic E-state index is -0.0207. The first-order valence-corrected chi connectivity index (χ1v) is 5.69. The highest BCUT2D eigenvalue weighted by molar-refractivity contribution is 5.95. The van der Waals surface area contributed by atoms with E-state index in [1.165, 1.54) is 5.57 Å². The fourth-order valence-electron chi connectivity index (χ4n) is 1.51. The molecule has 1 aliphatic carbocycles. The molecule has 0 unspecified atom stereocenters. The van der Waals surface area contributed by atoms with Gasteiger partial charge in [0.25, 0.3) is 0 Å². The third-order valence-corrected chi connectivity index (χ3v) is 2.49. The van der Waals surface area contributed by atoms with Gasteiger partial charge in [0.1, 0.15) is 5.70 Å². The summed E-state index contributed by atoms with van der Waals surface area (Å²) in [5.41, 5.74) is 4.39. The average Bonchev–Trinajstić information content (AvgIpc) is 2.30. The molecule has 0 saturated heterocycles. The molecule has 0 aromatic carbocycles. The minimum absolute atomic E-state index is 0. The van der Waals surface area contributed by atoms with Crippen molar-refractivity contribution in [2.24, 2.45) is 5.92 Å². The Morgan fingerprint density at radius 1 is 1.62 bits per heavy atom. The van der Waals surface area contributed by atoms with Crippen LogP contribution >= 0.6 is 0 Å². The lowest BCUT2D eigenvalue weighted by Gasteiger charge is -2.12. The van der Waals surface area contributed by atoms with Crippen LogP contribution in [0.4, 0.5) is 0 Å². The molecule has 2 heteroatoms. The van der Waals surface area contributed by atoms with Gasteiger partial charge in [-0.25, -0.2) is 0 Å². The van der Waals surface area contributed by atoms with Gasteiger partial charge in [-0.2, -0.15) is 0 Å². The lowest BCUT2D eigenvalue weighted by molar-refractivity contribution is -0.118. The van der Waals surface area contributed by atoms with Gasteiger partial charge in [-0.1, -0.05) is 44.4 Å². The zero-order chi connectivity index (χ0) is 12.0. The number of carbonyl (C=O) groups is 1. The third-order valence-electron chi connectivity index (χ3n) is 2.49. The zero-order valence-electron chi connectivity index (χ0n) is 10.0. The highest BCUT2D eigenvalue weighted by Gasteiger charge is 2.12. The van der Waals surface area contributed by atoms with E-state index in [1.54, 1.807) is 0 Å². The van der Waals surface area contributed by atoms with E-state index in [-0.39, 0.29) is 13.1 Å². The Kier molecular flexibility index (Phi) is 4.81. The van der Waals surface area contributed by atoms with Gasteiger partial charge in [-0.05, 0) is 18.4 Å². The Morgan fingerprint density at radius 3 is 2.88 bits per heavy atom. The smallest absolute Gasteiger partial charge is 0.189 e. The summed E-state index contributed by atoms with van der Waals surface area (Å²) in [6.45, 7) is 7.97. The fraction of sp³-hybridized carbons (Fsp3) is 0.429. The van der Waals surface area contributed by atoms with Gasteiger partial charge in [-0.15, -0.1) is 0 Å². The Bertz CT molecular complexity index is 374. The molecule has 16 heavy (non-hydrogen) atoms. The molecule has 0 heterocycles. The van der Waals surface area contributed by atoms with Crippen LogP contribution < -0.4 is 5.32 Å². The summed E-state index contributed by atoms with van der Waals surface area (Å²) in [6, 6.07) is 0. The topological polar surface area (TPSA) is 29.1 Å². The van der Waals surface area contributed by atoms with E-state index in [0.29, 0.717) is 12.2 Å². The second kappa shape index (κ2) is 6.14. The van der Waals surface area contributed by atoms with Gasteiger partial charge in [0, 0.05) is 13.9 Å². The second-order valence-corrected chi connectivity index (χ2v) is 4.18. The summed E-state index contributed by atoms with van der Waals surface area (Å²) >= 11 is 0. The Balaban J connectivity index is 0.00000256. The molecule has 0 saturated carbocycles. The van der Waals surface area contributed by atoms with Crippen LogP contribution in [0.15, 0.2) is 41.8 Å². The van der Waals surface area contributed by atoms with Crippen LogP contribution in [0, 0.1) is 5.92 Å². The molecule has 0 aliphatic heterocycles. The first kappa shape index (κ1) is 12.5. The van der Waals surface area contributed by atoms with E-state index in [2.05, 4.69) is 35.9 Å². The first-order chi connectivity index (χ1) is 7.65. The van der Waals surface area contributed by atoms with Crippen LogP contribution in [0.3, 0.4) is 0 Å². The molecule has 0 radical (unpaired) electrons. The molecule has 88 valence electrons. The van der Waals surface area contributed by atoms with Crippen molar-refractivity contribution in [2.45, 2.75) is 26.7 Å². The monoisotopic (exact) mass is 219 g/mol. The molecular formula is C14H21NO. The molecule has 0 fully saturated rings. The zero-order valence-corrected chi connectivity index (χ0v) is 10.0. The van der Waals surface area contributed by atoms with Crippen LogP contribution in [0.5, 0.6) is 0 Å². The standard InChI is InChI=1S/C14H19NO.H2/c1-4-13(14(16)11(2)3)15-10-12-8-6-5-7-9-12;/h6,8-9,11,15H,1,5,7,10H2,2-3H3;1H. The largest absolute Gasteiger partial charge is 0.372 e. The molecule has 0 atom stereocenters. The highest BCUT2D eigenvalue weighted by atomic mass is 16.1. The number of hydrogen-bond acceptors (Lipinski definition) is 2. The number of Topliss-reactive ketones (excluding diaryl/α,β-unsaturated/α-hetero) is 1. The van der Waals surface area contributed by atoms with Crippen LogP contribution in [-0.4, -0.2) is 12.3 Å². The fourth-order valence-corrected chi connectivity index (χ4v) is 1.51. The molecular weight excluding hydrogens is 198 g/mol. The predicted molar refractivity (Wildman–Crippen MR) is 69.1 cm³/mol. The lowest BCUT2D eigenvalue weighted by Crippen LogP contribution is -2.25. The maximum atomic E-state index is 11.7. The van der Waals surface area contributed by atoms with Gasteiger partial charge < -0.3 is 5.32 Å². The lowest BCUT2D eigenvalue weighted by atomic mass is 10.1. The average molecular weight is 219 g/mol. The van der Waals surface area contributed by atoms with Crippen molar-refractivity contribution in [2.75, 3.05) is 6.54 Å². The molecule has 0 spiro atoms. The second-order valence-electron chi connectivity index (χ2n) is 4.18. The van der Waals surface area contributed by atoms with Crippen molar-refractivity contribution in [3.63, 3.8) is 0 Å². The minimum Gasteiger partial charge on any atom is -0.372 e. The Morgan fingerprint density at radius 2 is 2.38 bits per heavy atom. The number of rotatable bonds is 5. The van der Waals surface area contributed by atoms with E-state index >= 15 is 0 Å². The van der Waals surface area contributed by atoms with Crippen LogP contribution in [0.2, 0.25) is 0 Å². The van der Waals surface area contributed by atoms with Crippen LogP contribution in [-0.2, 0) is 4.79 Å². The molecule has 2 nitrogen and oxygen atoms in total. The Labute approximate surface area is 98.9 Å². The van der Waals surface area contributed by atoms with Crippen molar-refractivity contribution in [1.29, 1.82) is 0 Å². The number of hydrogen-bond donors (Lipinski definition) is 1. The number of allylic oxidation sites excluding steroid dienone is 3. The van der Waals surface area contributed by atoms with Crippen molar-refractivity contribution in [1.82, 2.24) is 5.32 Å². The number of nitrogens with one attached hydrogen (secondary N) is 1. The summed E-state index contributed by atoms with van der Waals surface area (Å²) in [5, 5.41) is 3.09. The van der Waals surface area contributed by atoms with Gasteiger partial charge in [0.15, 0.2) is 5.78 Å². The van der Waals surface area contributed by atoms with Gasteiger partial charge in [0.05, 0.1) is 0 Å². The van der Waals surface area contributed by atoms with Crippen molar-refractivity contribution >= 4 is 5.78 Å². The SMILES string of the molecule is C=C=C(NCC1=CCCC=C1)C(=O)C(C)C.[HH]. The van der Waals surface area contributed by atoms with E-state index in [4.69, 9.17) is 0 Å². The first-order valence-electron chi connectivity index (χ1n) is 5.69. The van der Waals surface area contributed by atoms with Gasteiger partial charge in [-0.3, -0.25) is 4.79 Å². The van der Waals surface area contributed by atoms with E-state index in [1.807, 2.05) is 13.8 Å². The summed E-state index contributed by atoms with van der Waals surface area (Å²) in [4.78, 5) is 11.7. The number of ketones is 1. The highest BCUT2D eigenvalue weighted by Crippen LogP contribution is 2.09. The predicted octanol–water partition coefficient (Wildman–Crippen LogP) is 2.99. The maximum Gasteiger partial charge on any atom is 0.189 e. The molecule has 1 rings (SSSR count). The molecule has 1 N–H and O–H groups in total. The van der Waals surface area contributed by atoms with E-state index in [0.717, 1.165) is 12.8 Å². The van der Waals surface area contributed by atoms with Crippen molar-refractivity contribution in [3.8, 4) is 0 Å². The van der Waals surface area contributed by atoms with Gasteiger partial charge in [0.2, 0.25) is 0 Å².